The summed E-state index contributed by atoms with van der Waals surface area (Å²) >= 11 is 11.5. The van der Waals surface area contributed by atoms with Gasteiger partial charge in [0, 0.05) is 16.8 Å². The number of hydrogen-bond donors (Lipinski definition) is 0. The summed E-state index contributed by atoms with van der Waals surface area (Å²) in [6.45, 7) is 0. The van der Waals surface area contributed by atoms with Crippen molar-refractivity contribution < 1.29 is 13.2 Å². The number of ketones is 1. The van der Waals surface area contributed by atoms with E-state index in [1.807, 2.05) is 0 Å². The van der Waals surface area contributed by atoms with Gasteiger partial charge in [-0.2, -0.15) is 0 Å². The zero-order valence-electron chi connectivity index (χ0n) is 10.1. The lowest BCUT2D eigenvalue weighted by Crippen LogP contribution is -2.17. The van der Waals surface area contributed by atoms with Gasteiger partial charge < -0.3 is 0 Å². The molecular formula is C13H9Cl2NO3S. The Labute approximate surface area is 126 Å². The first-order valence-electron chi connectivity index (χ1n) is 5.52. The number of halogens is 2. The first-order valence-corrected chi connectivity index (χ1v) is 7.93. The molecule has 0 saturated heterocycles. The molecule has 0 spiro atoms. The van der Waals surface area contributed by atoms with E-state index in [0.29, 0.717) is 5.02 Å². The standard InChI is InChI=1S/C13H9Cl2NO3S/c14-10-5-3-9(4-6-10)11(17)8-20(18,19)12-2-1-7-16-13(12)15/h1-7H,8H2. The third-order valence-corrected chi connectivity index (χ3v) is 4.85. The molecule has 2 aromatic rings. The lowest BCUT2D eigenvalue weighted by molar-refractivity contribution is 0.102. The van der Waals surface area contributed by atoms with Crippen molar-refractivity contribution in [1.82, 2.24) is 4.98 Å². The number of nitrogens with zero attached hydrogens (tertiary/aromatic N) is 1. The summed E-state index contributed by atoms with van der Waals surface area (Å²) in [5.41, 5.74) is 0.276. The minimum Gasteiger partial charge on any atom is -0.293 e. The average molecular weight is 330 g/mol. The monoisotopic (exact) mass is 329 g/mol. The molecule has 0 aliphatic rings. The molecule has 0 saturated carbocycles. The topological polar surface area (TPSA) is 64.1 Å². The predicted octanol–water partition coefficient (Wildman–Crippen LogP) is 3.05. The van der Waals surface area contributed by atoms with Crippen molar-refractivity contribution in [2.45, 2.75) is 4.90 Å². The average Bonchev–Trinajstić information content (AvgIpc) is 2.39. The van der Waals surface area contributed by atoms with Crippen LogP contribution in [0.4, 0.5) is 0 Å². The third kappa shape index (κ3) is 3.36. The molecule has 1 heterocycles. The summed E-state index contributed by atoms with van der Waals surface area (Å²) in [5, 5.41) is 0.330. The van der Waals surface area contributed by atoms with Crippen molar-refractivity contribution >= 4 is 38.8 Å². The van der Waals surface area contributed by atoms with E-state index in [0.717, 1.165) is 0 Å². The number of pyridine rings is 1. The van der Waals surface area contributed by atoms with Crippen LogP contribution in [-0.2, 0) is 9.84 Å². The van der Waals surface area contributed by atoms with E-state index >= 15 is 0 Å². The maximum atomic E-state index is 12.1. The van der Waals surface area contributed by atoms with Crippen molar-refractivity contribution in [2.75, 3.05) is 5.75 Å². The van der Waals surface area contributed by atoms with Gasteiger partial charge in [0.2, 0.25) is 0 Å². The Morgan fingerprint density at radius 3 is 2.35 bits per heavy atom. The van der Waals surface area contributed by atoms with Gasteiger partial charge in [0.15, 0.2) is 15.6 Å². The number of sulfone groups is 1. The smallest absolute Gasteiger partial charge is 0.188 e. The number of benzene rings is 1. The molecule has 0 radical (unpaired) electrons. The van der Waals surface area contributed by atoms with Crippen molar-refractivity contribution in [3.05, 3.63) is 58.3 Å². The molecule has 7 heteroatoms. The Kier molecular flexibility index (Phi) is 4.42. The van der Waals surface area contributed by atoms with Crippen molar-refractivity contribution in [3.8, 4) is 0 Å². The fourth-order valence-corrected chi connectivity index (χ4v) is 3.43. The second-order valence-electron chi connectivity index (χ2n) is 3.98. The molecule has 20 heavy (non-hydrogen) atoms. The summed E-state index contributed by atoms with van der Waals surface area (Å²) in [6.07, 6.45) is 1.38. The molecule has 2 rings (SSSR count). The summed E-state index contributed by atoms with van der Waals surface area (Å²) in [7, 11) is -3.83. The number of Topliss-reactive ketones (excluding diaryl/α,β-unsaturated/α-hetero) is 1. The summed E-state index contributed by atoms with van der Waals surface area (Å²) in [5.74, 6) is -1.19. The van der Waals surface area contributed by atoms with E-state index in [9.17, 15) is 13.2 Å². The summed E-state index contributed by atoms with van der Waals surface area (Å²) in [4.78, 5) is 15.5. The molecule has 0 bridgehead atoms. The first kappa shape index (κ1) is 15.0. The van der Waals surface area contributed by atoms with Gasteiger partial charge in [0.25, 0.3) is 0 Å². The second kappa shape index (κ2) is 5.91. The van der Waals surface area contributed by atoms with Crippen LogP contribution < -0.4 is 0 Å². The second-order valence-corrected chi connectivity index (χ2v) is 6.73. The fraction of sp³-hybridized carbons (Fsp3) is 0.0769. The Morgan fingerprint density at radius 1 is 1.10 bits per heavy atom. The normalized spacial score (nSPS) is 11.3. The minimum atomic E-state index is -3.83. The molecule has 104 valence electrons. The highest BCUT2D eigenvalue weighted by molar-refractivity contribution is 7.92. The largest absolute Gasteiger partial charge is 0.293 e. The first-order chi connectivity index (χ1) is 9.40. The van der Waals surface area contributed by atoms with Gasteiger partial charge in [-0.05, 0) is 36.4 Å². The van der Waals surface area contributed by atoms with Gasteiger partial charge in [0.1, 0.15) is 15.8 Å². The highest BCUT2D eigenvalue weighted by atomic mass is 35.5. The lowest BCUT2D eigenvalue weighted by atomic mass is 10.1. The Balaban J connectivity index is 2.27. The van der Waals surface area contributed by atoms with E-state index in [4.69, 9.17) is 23.2 Å². The van der Waals surface area contributed by atoms with Crippen LogP contribution in [0.15, 0.2) is 47.5 Å². The van der Waals surface area contributed by atoms with E-state index < -0.39 is 21.4 Å². The van der Waals surface area contributed by atoms with Gasteiger partial charge in [-0.15, -0.1) is 0 Å². The highest BCUT2D eigenvalue weighted by Crippen LogP contribution is 2.20. The minimum absolute atomic E-state index is 0.142. The van der Waals surface area contributed by atoms with Crippen molar-refractivity contribution in [3.63, 3.8) is 0 Å². The fourth-order valence-electron chi connectivity index (χ4n) is 1.57. The molecule has 0 unspecified atom stereocenters. The molecule has 1 aromatic heterocycles. The van der Waals surface area contributed by atoms with Crippen LogP contribution in [0.2, 0.25) is 10.2 Å². The quantitative estimate of drug-likeness (QED) is 0.638. The Bertz CT molecular complexity index is 742. The number of carbonyl (C=O) groups is 1. The summed E-state index contributed by atoms with van der Waals surface area (Å²) < 4.78 is 24.3. The molecule has 0 aliphatic heterocycles. The number of rotatable bonds is 4. The molecule has 0 N–H and O–H groups in total. The van der Waals surface area contributed by atoms with Crippen LogP contribution in [0.3, 0.4) is 0 Å². The van der Waals surface area contributed by atoms with Crippen molar-refractivity contribution in [1.29, 1.82) is 0 Å². The van der Waals surface area contributed by atoms with Gasteiger partial charge in [-0.3, -0.25) is 4.79 Å². The van der Waals surface area contributed by atoms with E-state index in [2.05, 4.69) is 4.98 Å². The molecule has 4 nitrogen and oxygen atoms in total. The molecule has 0 atom stereocenters. The maximum Gasteiger partial charge on any atom is 0.188 e. The van der Waals surface area contributed by atoms with Crippen LogP contribution >= 0.6 is 23.2 Å². The predicted molar refractivity (Wildman–Crippen MR) is 77.1 cm³/mol. The molecule has 0 aliphatic carbocycles. The van der Waals surface area contributed by atoms with Crippen LogP contribution in [0.5, 0.6) is 0 Å². The Morgan fingerprint density at radius 2 is 1.75 bits per heavy atom. The maximum absolute atomic E-state index is 12.1. The third-order valence-electron chi connectivity index (χ3n) is 2.55. The van der Waals surface area contributed by atoms with Crippen LogP contribution in [0, 0.1) is 0 Å². The lowest BCUT2D eigenvalue weighted by Gasteiger charge is -2.05. The van der Waals surface area contributed by atoms with Gasteiger partial charge in [0.05, 0.1) is 0 Å². The van der Waals surface area contributed by atoms with Crippen LogP contribution in [-0.4, -0.2) is 24.9 Å². The highest BCUT2D eigenvalue weighted by Gasteiger charge is 2.23. The van der Waals surface area contributed by atoms with Gasteiger partial charge in [-0.1, -0.05) is 23.2 Å². The zero-order valence-corrected chi connectivity index (χ0v) is 12.4. The number of aromatic nitrogens is 1. The Hall–Kier alpha value is -1.43. The zero-order chi connectivity index (χ0) is 14.8. The number of hydrogen-bond acceptors (Lipinski definition) is 4. The van der Waals surface area contributed by atoms with Gasteiger partial charge in [-0.25, -0.2) is 13.4 Å². The van der Waals surface area contributed by atoms with Crippen molar-refractivity contribution in [2.24, 2.45) is 0 Å². The van der Waals surface area contributed by atoms with E-state index in [1.54, 1.807) is 0 Å². The van der Waals surface area contributed by atoms with Crippen LogP contribution in [0.1, 0.15) is 10.4 Å². The van der Waals surface area contributed by atoms with Crippen LogP contribution in [0.25, 0.3) is 0 Å². The SMILES string of the molecule is O=C(CS(=O)(=O)c1cccnc1Cl)c1ccc(Cl)cc1. The summed E-state index contributed by atoms with van der Waals surface area (Å²) in [6, 6.07) is 8.78. The molecule has 1 aromatic carbocycles. The molecule has 0 fully saturated rings. The molecular weight excluding hydrogens is 321 g/mol. The van der Waals surface area contributed by atoms with E-state index in [-0.39, 0.29) is 15.6 Å². The van der Waals surface area contributed by atoms with Gasteiger partial charge >= 0.3 is 0 Å². The number of carbonyl (C=O) groups excluding carboxylic acids is 1. The van der Waals surface area contributed by atoms with E-state index in [1.165, 1.54) is 42.6 Å². The molecule has 0 amide bonds.